The van der Waals surface area contributed by atoms with Gasteiger partial charge in [-0.25, -0.2) is 23.9 Å². The Morgan fingerprint density at radius 1 is 1.19 bits per heavy atom. The van der Waals surface area contributed by atoms with E-state index >= 15 is 0 Å². The molecule has 1 saturated heterocycles. The second-order valence-electron chi connectivity index (χ2n) is 10.1. The second-order valence-corrected chi connectivity index (χ2v) is 10.1. The minimum Gasteiger partial charge on any atom is -0.373 e. The summed E-state index contributed by atoms with van der Waals surface area (Å²) < 4.78 is 21.9. The Hall–Kier alpha value is -3.86. The maximum absolute atomic E-state index is 14.5. The van der Waals surface area contributed by atoms with Crippen LogP contribution in [0.5, 0.6) is 0 Å². The van der Waals surface area contributed by atoms with Crippen molar-refractivity contribution in [1.29, 1.82) is 0 Å². The molecule has 2 fully saturated rings. The quantitative estimate of drug-likeness (QED) is 0.409. The van der Waals surface area contributed by atoms with Crippen molar-refractivity contribution in [3.8, 4) is 11.4 Å². The number of nitrogens with one attached hydrogen (secondary N) is 2. The van der Waals surface area contributed by atoms with Crippen molar-refractivity contribution in [2.45, 2.75) is 38.5 Å². The van der Waals surface area contributed by atoms with Crippen LogP contribution >= 0.6 is 0 Å². The number of rotatable bonds is 6. The summed E-state index contributed by atoms with van der Waals surface area (Å²) in [5.41, 5.74) is 0.901. The van der Waals surface area contributed by atoms with Crippen LogP contribution in [0.3, 0.4) is 0 Å². The van der Waals surface area contributed by atoms with Gasteiger partial charge in [-0.15, -0.1) is 5.10 Å². The molecule has 4 aromatic heterocycles. The summed E-state index contributed by atoms with van der Waals surface area (Å²) in [4.78, 5) is 28.1. The Morgan fingerprint density at radius 3 is 2.78 bits per heavy atom. The number of anilines is 3. The molecule has 192 valence electrons. The first-order valence-electron chi connectivity index (χ1n) is 12.5. The van der Waals surface area contributed by atoms with Gasteiger partial charge in [0.25, 0.3) is 0 Å². The first-order valence-corrected chi connectivity index (χ1v) is 12.5. The van der Waals surface area contributed by atoms with Gasteiger partial charge in [0.1, 0.15) is 23.4 Å². The van der Waals surface area contributed by atoms with Gasteiger partial charge < -0.3 is 20.3 Å². The lowest BCUT2D eigenvalue weighted by Crippen LogP contribution is -2.50. The van der Waals surface area contributed by atoms with Crippen LogP contribution in [0, 0.1) is 5.92 Å². The maximum atomic E-state index is 14.5. The number of pyridine rings is 3. The Morgan fingerprint density at radius 2 is 2.03 bits per heavy atom. The van der Waals surface area contributed by atoms with Crippen molar-refractivity contribution in [3.05, 3.63) is 36.8 Å². The van der Waals surface area contributed by atoms with Crippen LogP contribution in [0.1, 0.15) is 26.7 Å². The fourth-order valence-corrected chi connectivity index (χ4v) is 4.63. The van der Waals surface area contributed by atoms with E-state index in [0.29, 0.717) is 42.8 Å². The fraction of sp³-hybridized carbons (Fsp3) is 0.423. The number of hydrogen-bond acceptors (Lipinski definition) is 8. The summed E-state index contributed by atoms with van der Waals surface area (Å²) in [6, 6.07) is 5.71. The molecule has 11 heteroatoms. The molecule has 1 saturated carbocycles. The normalized spacial score (nSPS) is 18.4. The molecule has 0 bridgehead atoms. The maximum Gasteiger partial charge on any atom is 0.228 e. The molecule has 5 heterocycles. The van der Waals surface area contributed by atoms with Crippen molar-refractivity contribution in [2.24, 2.45) is 5.92 Å². The van der Waals surface area contributed by atoms with Crippen LogP contribution in [0.25, 0.3) is 27.8 Å². The number of amides is 1. The molecule has 6 rings (SSSR count). The molecule has 0 aromatic carbocycles. The average molecular weight is 505 g/mol. The summed E-state index contributed by atoms with van der Waals surface area (Å²) >= 11 is 0. The first-order chi connectivity index (χ1) is 17.8. The molecule has 2 N–H and O–H groups in total. The number of carbonyl (C=O) groups excluding carboxylic acids is 1. The highest BCUT2D eigenvalue weighted by molar-refractivity contribution is 6.03. The van der Waals surface area contributed by atoms with Gasteiger partial charge in [-0.2, -0.15) is 0 Å². The third-order valence-corrected chi connectivity index (χ3v) is 6.96. The van der Waals surface area contributed by atoms with Crippen LogP contribution in [0.4, 0.5) is 21.7 Å². The number of morpholine rings is 1. The molecule has 2 aliphatic rings. The van der Waals surface area contributed by atoms with Gasteiger partial charge in [-0.3, -0.25) is 4.79 Å². The molecule has 1 aliphatic carbocycles. The molecular formula is C26H29FN8O2. The highest BCUT2D eigenvalue weighted by Crippen LogP contribution is 2.33. The van der Waals surface area contributed by atoms with Crippen LogP contribution in [-0.2, 0) is 9.53 Å². The van der Waals surface area contributed by atoms with E-state index in [-0.39, 0.29) is 11.8 Å². The fourth-order valence-electron chi connectivity index (χ4n) is 4.63. The molecule has 1 amide bonds. The highest BCUT2D eigenvalue weighted by Gasteiger charge is 2.34. The number of nitrogens with zero attached hydrogens (tertiary/aromatic N) is 6. The largest absolute Gasteiger partial charge is 0.373 e. The monoisotopic (exact) mass is 504 g/mol. The van der Waals surface area contributed by atoms with Crippen molar-refractivity contribution in [3.63, 3.8) is 0 Å². The van der Waals surface area contributed by atoms with Crippen LogP contribution in [-0.4, -0.2) is 69.0 Å². The summed E-state index contributed by atoms with van der Waals surface area (Å²) in [6.07, 6.45) is 6.67. The zero-order valence-corrected chi connectivity index (χ0v) is 21.0. The minimum atomic E-state index is -1.43. The number of hydrogen-bond donors (Lipinski definition) is 2. The molecule has 37 heavy (non-hydrogen) atoms. The summed E-state index contributed by atoms with van der Waals surface area (Å²) in [5.74, 6) is 1.75. The van der Waals surface area contributed by atoms with E-state index in [9.17, 15) is 9.18 Å². The number of carbonyl (C=O) groups is 1. The topological polar surface area (TPSA) is 110 Å². The van der Waals surface area contributed by atoms with Gasteiger partial charge >= 0.3 is 0 Å². The summed E-state index contributed by atoms with van der Waals surface area (Å²) in [6.45, 7) is 4.68. The van der Waals surface area contributed by atoms with E-state index in [0.717, 1.165) is 34.9 Å². The molecular weight excluding hydrogens is 475 g/mol. The number of alkyl halides is 1. The van der Waals surface area contributed by atoms with E-state index in [1.807, 2.05) is 24.4 Å². The predicted octanol–water partition coefficient (Wildman–Crippen LogP) is 3.68. The lowest BCUT2D eigenvalue weighted by molar-refractivity contribution is -0.117. The first kappa shape index (κ1) is 23.5. The summed E-state index contributed by atoms with van der Waals surface area (Å²) in [5, 5.41) is 12.4. The van der Waals surface area contributed by atoms with E-state index in [1.54, 1.807) is 37.8 Å². The van der Waals surface area contributed by atoms with Crippen LogP contribution in [0.2, 0.25) is 0 Å². The molecule has 0 spiro atoms. The summed E-state index contributed by atoms with van der Waals surface area (Å²) in [7, 11) is 1.80. The highest BCUT2D eigenvalue weighted by atomic mass is 19.1. The van der Waals surface area contributed by atoms with Crippen molar-refractivity contribution in [2.75, 3.05) is 42.3 Å². The smallest absolute Gasteiger partial charge is 0.228 e. The SMILES string of the molecule is CNc1ncc(-c2nc3ccc(N4CCO[C@H](C(C)(C)F)C4)cn3n2)c2cc(NC(=O)C3CC3)ncc12. The molecule has 10 nitrogen and oxygen atoms in total. The third kappa shape index (κ3) is 4.55. The Bertz CT molecular complexity index is 1490. The van der Waals surface area contributed by atoms with E-state index in [4.69, 9.17) is 14.8 Å². The molecule has 0 radical (unpaired) electrons. The van der Waals surface area contributed by atoms with Crippen molar-refractivity contribution >= 4 is 39.6 Å². The van der Waals surface area contributed by atoms with E-state index < -0.39 is 11.8 Å². The number of aromatic nitrogens is 5. The number of halogens is 1. The standard InChI is InChI=1S/C26H29FN8O2/c1-26(2,27)20-14-34(8-9-37-20)16-6-7-22-32-24(33-35(22)13-16)19-12-30-23(28-3)18-11-29-21(10-17(18)19)31-25(36)15-4-5-15/h6-7,10-13,15,20H,4-5,8-9,14H2,1-3H3,(H,28,30)(H,29,31,36)/t20-/m0/s1. The predicted molar refractivity (Wildman–Crippen MR) is 140 cm³/mol. The van der Waals surface area contributed by atoms with Gasteiger partial charge in [-0.1, -0.05) is 0 Å². The van der Waals surface area contributed by atoms with Gasteiger partial charge in [0.05, 0.1) is 18.5 Å². The Labute approximate surface area is 213 Å². The molecule has 4 aromatic rings. The Kier molecular flexibility index (Phi) is 5.67. The molecule has 1 atom stereocenters. The lowest BCUT2D eigenvalue weighted by atomic mass is 10.0. The van der Waals surface area contributed by atoms with Crippen LogP contribution in [0.15, 0.2) is 36.8 Å². The van der Waals surface area contributed by atoms with Gasteiger partial charge in [0.15, 0.2) is 11.5 Å². The van der Waals surface area contributed by atoms with E-state index in [2.05, 4.69) is 25.5 Å². The number of fused-ring (bicyclic) bond motifs is 2. The zero-order chi connectivity index (χ0) is 25.7. The van der Waals surface area contributed by atoms with Gasteiger partial charge in [-0.05, 0) is 44.9 Å². The minimum absolute atomic E-state index is 0.00354. The number of ether oxygens (including phenoxy) is 1. The van der Waals surface area contributed by atoms with Gasteiger partial charge in [0, 0.05) is 54.8 Å². The second kappa shape index (κ2) is 8.91. The average Bonchev–Trinajstić information content (AvgIpc) is 3.66. The zero-order valence-electron chi connectivity index (χ0n) is 21.0. The lowest BCUT2D eigenvalue weighted by Gasteiger charge is -2.38. The van der Waals surface area contributed by atoms with E-state index in [1.165, 1.54) is 0 Å². The van der Waals surface area contributed by atoms with Crippen molar-refractivity contribution in [1.82, 2.24) is 24.6 Å². The third-order valence-electron chi connectivity index (χ3n) is 6.96. The molecule has 0 unspecified atom stereocenters. The van der Waals surface area contributed by atoms with Crippen LogP contribution < -0.4 is 15.5 Å². The molecule has 1 aliphatic heterocycles. The van der Waals surface area contributed by atoms with Crippen molar-refractivity contribution < 1.29 is 13.9 Å². The van der Waals surface area contributed by atoms with Gasteiger partial charge in [0.2, 0.25) is 5.91 Å². The Balaban J connectivity index is 1.36.